The van der Waals surface area contributed by atoms with Crippen molar-refractivity contribution >= 4 is 21.9 Å². The third kappa shape index (κ3) is 5.98. The van der Waals surface area contributed by atoms with Crippen molar-refractivity contribution in [2.24, 2.45) is 4.99 Å². The third-order valence-corrected chi connectivity index (χ3v) is 5.73. The normalized spacial score (nSPS) is 15.6. The Hall–Kier alpha value is -3.02. The van der Waals surface area contributed by atoms with E-state index in [0.717, 1.165) is 25.2 Å². The molecule has 1 aliphatic carbocycles. The fourth-order valence-corrected chi connectivity index (χ4v) is 3.19. The van der Waals surface area contributed by atoms with Gasteiger partial charge in [0.1, 0.15) is 11.6 Å². The fraction of sp³-hybridized carbons (Fsp3) is 0.412. The summed E-state index contributed by atoms with van der Waals surface area (Å²) >= 11 is 0. The average Bonchev–Trinajstić information content (AvgIpc) is 3.38. The fourth-order valence-electron chi connectivity index (χ4n) is 2.25. The van der Waals surface area contributed by atoms with Gasteiger partial charge < -0.3 is 4.42 Å². The molecule has 10 nitrogen and oxygen atoms in total. The topological polar surface area (TPSA) is 139 Å². The number of nitrogens with one attached hydrogen (secondary N) is 3. The predicted octanol–water partition coefficient (Wildman–Crippen LogP) is 0.821. The minimum absolute atomic E-state index is 0.0151. The van der Waals surface area contributed by atoms with E-state index >= 15 is 0 Å². The zero-order valence-electron chi connectivity index (χ0n) is 15.8. The number of aryl methyl sites for hydroxylation is 1. The molecule has 2 aromatic rings. The number of sulfonamides is 1. The van der Waals surface area contributed by atoms with Crippen LogP contribution < -0.4 is 15.6 Å². The molecule has 1 saturated carbocycles. The number of rotatable bonds is 6. The minimum atomic E-state index is -3.89. The molecule has 3 N–H and O–H groups in total. The molecule has 0 bridgehead atoms. The molecular formula is C17H21FN6O4S. The summed E-state index contributed by atoms with van der Waals surface area (Å²) in [6, 6.07) is 3.12. The molecule has 1 fully saturated rings. The molecule has 0 aromatic carbocycles. The van der Waals surface area contributed by atoms with Gasteiger partial charge in [0.05, 0.1) is 23.7 Å². The van der Waals surface area contributed by atoms with Crippen LogP contribution >= 0.6 is 0 Å². The highest BCUT2D eigenvalue weighted by molar-refractivity contribution is 7.90. The number of carbonyl (C=O) groups is 1. The average molecular weight is 424 g/mol. The Morgan fingerprint density at radius 3 is 2.59 bits per heavy atom. The smallest absolute Gasteiger partial charge is 0.305 e. The summed E-state index contributed by atoms with van der Waals surface area (Å²) in [7, 11) is -3.89. The molecular weight excluding hydrogens is 403 g/mol. The molecule has 2 heterocycles. The molecule has 0 aliphatic heterocycles. The number of furan rings is 1. The molecule has 2 aromatic heterocycles. The van der Waals surface area contributed by atoms with Crippen molar-refractivity contribution < 1.29 is 22.0 Å². The molecule has 156 valence electrons. The standard InChI is InChI=1S/C17H21FN6O4S/c1-10-3-6-14(28-10)16(25)22-23-17(21-13-4-5-13)24-29(26,27)11(2)7-15-19-8-12(18)9-20-15/h3,6,8-9,11,13H,4-5,7H2,1-2H3,(H,22,25)(H2,21,23,24). The van der Waals surface area contributed by atoms with E-state index in [-0.39, 0.29) is 30.0 Å². The zero-order valence-corrected chi connectivity index (χ0v) is 16.7. The maximum absolute atomic E-state index is 12.9. The van der Waals surface area contributed by atoms with Gasteiger partial charge >= 0.3 is 5.91 Å². The van der Waals surface area contributed by atoms with E-state index in [1.807, 2.05) is 0 Å². The first-order valence-corrected chi connectivity index (χ1v) is 10.5. The second-order valence-electron chi connectivity index (χ2n) is 6.68. The van der Waals surface area contributed by atoms with Crippen LogP contribution in [-0.2, 0) is 16.4 Å². The second kappa shape index (κ2) is 8.55. The zero-order chi connectivity index (χ0) is 21.0. The molecule has 29 heavy (non-hydrogen) atoms. The van der Waals surface area contributed by atoms with Crippen LogP contribution in [0.1, 0.15) is 41.9 Å². The largest absolute Gasteiger partial charge is 0.456 e. The lowest BCUT2D eigenvalue weighted by Crippen LogP contribution is -2.51. The van der Waals surface area contributed by atoms with Crippen LogP contribution in [-0.4, -0.2) is 41.5 Å². The Morgan fingerprint density at radius 2 is 2.00 bits per heavy atom. The number of hydrogen-bond donors (Lipinski definition) is 3. The van der Waals surface area contributed by atoms with Crippen LogP contribution in [0.3, 0.4) is 0 Å². The second-order valence-corrected chi connectivity index (χ2v) is 8.78. The molecule has 1 atom stereocenters. The number of aliphatic imine (C=N–C) groups is 1. The molecule has 0 saturated heterocycles. The summed E-state index contributed by atoms with van der Waals surface area (Å²) in [6.07, 6.45) is 3.59. The molecule has 12 heteroatoms. The van der Waals surface area contributed by atoms with Gasteiger partial charge in [0, 0.05) is 6.42 Å². The Morgan fingerprint density at radius 1 is 1.31 bits per heavy atom. The summed E-state index contributed by atoms with van der Waals surface area (Å²) in [6.45, 7) is 3.17. The van der Waals surface area contributed by atoms with Crippen LogP contribution in [0.25, 0.3) is 0 Å². The Kier molecular flexibility index (Phi) is 6.11. The van der Waals surface area contributed by atoms with Crippen LogP contribution in [0, 0.1) is 12.7 Å². The van der Waals surface area contributed by atoms with Crippen LogP contribution in [0.4, 0.5) is 4.39 Å². The van der Waals surface area contributed by atoms with E-state index in [1.165, 1.54) is 13.0 Å². The van der Waals surface area contributed by atoms with Crippen molar-refractivity contribution in [1.29, 1.82) is 0 Å². The molecule has 1 aliphatic rings. The maximum atomic E-state index is 12.9. The lowest BCUT2D eigenvalue weighted by Gasteiger charge is -2.17. The van der Waals surface area contributed by atoms with Gasteiger partial charge in [-0.05, 0) is 38.8 Å². The summed E-state index contributed by atoms with van der Waals surface area (Å²) in [5.41, 5.74) is 4.86. The van der Waals surface area contributed by atoms with Crippen molar-refractivity contribution in [3.8, 4) is 0 Å². The molecule has 1 unspecified atom stereocenters. The summed E-state index contributed by atoms with van der Waals surface area (Å²) in [5.74, 6) is -0.443. The van der Waals surface area contributed by atoms with Gasteiger partial charge in [0.15, 0.2) is 11.6 Å². The van der Waals surface area contributed by atoms with Gasteiger partial charge in [-0.25, -0.2) is 27.8 Å². The number of amides is 1. The molecule has 1 amide bonds. The van der Waals surface area contributed by atoms with E-state index in [0.29, 0.717) is 5.76 Å². The van der Waals surface area contributed by atoms with Crippen molar-refractivity contribution in [2.45, 2.75) is 44.4 Å². The number of halogens is 1. The van der Waals surface area contributed by atoms with Crippen molar-refractivity contribution in [3.63, 3.8) is 0 Å². The number of guanidine groups is 1. The Balaban J connectivity index is 1.63. The summed E-state index contributed by atoms with van der Waals surface area (Å²) in [5, 5.41) is -0.928. The van der Waals surface area contributed by atoms with Gasteiger partial charge in [-0.1, -0.05) is 0 Å². The lowest BCUT2D eigenvalue weighted by molar-refractivity contribution is 0.0914. The first-order valence-electron chi connectivity index (χ1n) is 8.91. The van der Waals surface area contributed by atoms with Gasteiger partial charge in [-0.3, -0.25) is 20.4 Å². The van der Waals surface area contributed by atoms with Gasteiger partial charge in [0.2, 0.25) is 16.0 Å². The number of nitrogens with zero attached hydrogens (tertiary/aromatic N) is 3. The van der Waals surface area contributed by atoms with E-state index in [2.05, 4.69) is 30.5 Å². The maximum Gasteiger partial charge on any atom is 0.305 e. The predicted molar refractivity (Wildman–Crippen MR) is 102 cm³/mol. The first kappa shape index (κ1) is 20.7. The highest BCUT2D eigenvalue weighted by Gasteiger charge is 2.27. The third-order valence-electron chi connectivity index (χ3n) is 4.03. The van der Waals surface area contributed by atoms with Crippen molar-refractivity contribution in [3.05, 3.63) is 47.7 Å². The Labute approximate surface area is 167 Å². The molecule has 3 rings (SSSR count). The monoisotopic (exact) mass is 424 g/mol. The highest BCUT2D eigenvalue weighted by Crippen LogP contribution is 2.23. The van der Waals surface area contributed by atoms with E-state index in [1.54, 1.807) is 13.0 Å². The van der Waals surface area contributed by atoms with Gasteiger partial charge in [0.25, 0.3) is 0 Å². The molecule has 0 spiro atoms. The number of carbonyl (C=O) groups excluding carboxylic acids is 1. The number of aromatic nitrogens is 2. The van der Waals surface area contributed by atoms with Gasteiger partial charge in [-0.2, -0.15) is 0 Å². The number of hydrogen-bond acceptors (Lipinski definition) is 7. The quantitative estimate of drug-likeness (QED) is 0.354. The minimum Gasteiger partial charge on any atom is -0.456 e. The van der Waals surface area contributed by atoms with Crippen LogP contribution in [0.5, 0.6) is 0 Å². The van der Waals surface area contributed by atoms with Crippen molar-refractivity contribution in [1.82, 2.24) is 25.5 Å². The Bertz CT molecular complexity index is 1000. The van der Waals surface area contributed by atoms with Crippen LogP contribution in [0.15, 0.2) is 33.9 Å². The summed E-state index contributed by atoms with van der Waals surface area (Å²) < 4.78 is 45.7. The first-order chi connectivity index (χ1) is 13.7. The SMILES string of the molecule is Cc1ccc(C(=O)NN/C(=N/C2CC2)NS(=O)(=O)C(C)Cc2ncc(F)cn2)o1. The van der Waals surface area contributed by atoms with E-state index < -0.39 is 27.0 Å². The molecule has 0 radical (unpaired) electrons. The lowest BCUT2D eigenvalue weighted by atomic mass is 10.3. The van der Waals surface area contributed by atoms with Crippen LogP contribution in [0.2, 0.25) is 0 Å². The van der Waals surface area contributed by atoms with Crippen molar-refractivity contribution in [2.75, 3.05) is 0 Å². The van der Waals surface area contributed by atoms with E-state index in [4.69, 9.17) is 4.42 Å². The highest BCUT2D eigenvalue weighted by atomic mass is 32.2. The van der Waals surface area contributed by atoms with E-state index in [9.17, 15) is 17.6 Å². The summed E-state index contributed by atoms with van der Waals surface area (Å²) in [4.78, 5) is 23.9. The number of hydrazine groups is 1. The van der Waals surface area contributed by atoms with Gasteiger partial charge in [-0.15, -0.1) is 0 Å².